The summed E-state index contributed by atoms with van der Waals surface area (Å²) in [5, 5.41) is 0. The van der Waals surface area contributed by atoms with Crippen LogP contribution in [0.3, 0.4) is 0 Å². The van der Waals surface area contributed by atoms with Gasteiger partial charge in [0.05, 0.1) is 0 Å². The Labute approximate surface area is 94.1 Å². The number of hydrogen-bond acceptors (Lipinski definition) is 1. The molecule has 0 heterocycles. The fraction of sp³-hybridized carbons (Fsp3) is 0.571. The van der Waals surface area contributed by atoms with Crippen LogP contribution < -0.4 is 4.90 Å². The Morgan fingerprint density at radius 3 is 2.00 bits per heavy atom. The van der Waals surface area contributed by atoms with Crippen molar-refractivity contribution in [3.8, 4) is 0 Å². The maximum Gasteiger partial charge on any atom is 0.0361 e. The maximum absolute atomic E-state index is 2.33. The van der Waals surface area contributed by atoms with Gasteiger partial charge in [-0.15, -0.1) is 0 Å². The summed E-state index contributed by atoms with van der Waals surface area (Å²) in [5.41, 5.74) is 3.13. The number of hydrogen-bond donors (Lipinski definition) is 0. The van der Waals surface area contributed by atoms with Crippen molar-refractivity contribution in [2.24, 2.45) is 5.41 Å². The lowest BCUT2D eigenvalue weighted by atomic mass is 9.83. The van der Waals surface area contributed by atoms with Crippen LogP contribution in [0.25, 0.3) is 0 Å². The van der Waals surface area contributed by atoms with Gasteiger partial charge in [-0.25, -0.2) is 0 Å². The summed E-state index contributed by atoms with van der Waals surface area (Å²) in [6, 6.07) is 8.88. The molecule has 0 N–H and O–H groups in total. The first-order valence-electron chi connectivity index (χ1n) is 5.71. The van der Waals surface area contributed by atoms with Crippen LogP contribution in [0.5, 0.6) is 0 Å². The van der Waals surface area contributed by atoms with Gasteiger partial charge in [0.1, 0.15) is 0 Å². The first-order valence-corrected chi connectivity index (χ1v) is 5.71. The Balaban J connectivity index is 2.73. The largest absolute Gasteiger partial charge is 0.378 e. The molecule has 0 saturated carbocycles. The van der Waals surface area contributed by atoms with E-state index in [0.717, 1.165) is 6.42 Å². The second kappa shape index (κ2) is 4.69. The van der Waals surface area contributed by atoms with Crippen molar-refractivity contribution in [1.29, 1.82) is 0 Å². The third-order valence-corrected chi connectivity index (χ3v) is 3.09. The topological polar surface area (TPSA) is 3.24 Å². The van der Waals surface area contributed by atoms with Crippen LogP contribution in [0.15, 0.2) is 24.3 Å². The van der Waals surface area contributed by atoms with Crippen LogP contribution in [0.4, 0.5) is 5.69 Å². The zero-order valence-electron chi connectivity index (χ0n) is 10.7. The van der Waals surface area contributed by atoms with Gasteiger partial charge >= 0.3 is 0 Å². The zero-order chi connectivity index (χ0) is 11.5. The molecule has 0 spiro atoms. The van der Waals surface area contributed by atoms with E-state index >= 15 is 0 Å². The molecule has 0 radical (unpaired) electrons. The Morgan fingerprint density at radius 1 is 1.07 bits per heavy atom. The Morgan fingerprint density at radius 2 is 1.60 bits per heavy atom. The lowest BCUT2D eigenvalue weighted by Crippen LogP contribution is -2.13. The molecule has 0 aliphatic rings. The summed E-state index contributed by atoms with van der Waals surface area (Å²) < 4.78 is 0. The molecule has 1 rings (SSSR count). The quantitative estimate of drug-likeness (QED) is 0.724. The van der Waals surface area contributed by atoms with Gasteiger partial charge in [-0.05, 0) is 29.5 Å². The summed E-state index contributed by atoms with van der Waals surface area (Å²) in [6.07, 6.45) is 2.39. The zero-order valence-corrected chi connectivity index (χ0v) is 10.7. The fourth-order valence-electron chi connectivity index (χ4n) is 1.59. The molecular formula is C14H23N. The SMILES string of the molecule is CCC(C)(C)Cc1ccc(N(C)C)cc1. The van der Waals surface area contributed by atoms with Gasteiger partial charge < -0.3 is 4.90 Å². The van der Waals surface area contributed by atoms with Crippen molar-refractivity contribution >= 4 is 5.69 Å². The molecule has 15 heavy (non-hydrogen) atoms. The highest BCUT2D eigenvalue weighted by Crippen LogP contribution is 2.26. The van der Waals surface area contributed by atoms with E-state index in [-0.39, 0.29) is 0 Å². The normalized spacial score (nSPS) is 11.5. The van der Waals surface area contributed by atoms with Crippen LogP contribution in [0.2, 0.25) is 0 Å². The first kappa shape index (κ1) is 12.1. The molecule has 1 aromatic rings. The predicted molar refractivity (Wildman–Crippen MR) is 68.5 cm³/mol. The van der Waals surface area contributed by atoms with Gasteiger partial charge in [0, 0.05) is 19.8 Å². The van der Waals surface area contributed by atoms with Crippen LogP contribution in [-0.2, 0) is 6.42 Å². The van der Waals surface area contributed by atoms with Gasteiger partial charge in [-0.3, -0.25) is 0 Å². The molecule has 0 aliphatic carbocycles. The van der Waals surface area contributed by atoms with Crippen molar-refractivity contribution in [2.75, 3.05) is 19.0 Å². The molecule has 0 bridgehead atoms. The van der Waals surface area contributed by atoms with E-state index in [0.29, 0.717) is 5.41 Å². The average molecular weight is 205 g/mol. The Kier molecular flexibility index (Phi) is 3.78. The summed E-state index contributed by atoms with van der Waals surface area (Å²) in [7, 11) is 4.15. The van der Waals surface area contributed by atoms with Gasteiger partial charge in [-0.2, -0.15) is 0 Å². The molecule has 0 aromatic heterocycles. The molecule has 0 unspecified atom stereocenters. The minimum Gasteiger partial charge on any atom is -0.378 e. The lowest BCUT2D eigenvalue weighted by Gasteiger charge is -2.23. The molecule has 1 heteroatoms. The monoisotopic (exact) mass is 205 g/mol. The van der Waals surface area contributed by atoms with Crippen LogP contribution in [0, 0.1) is 5.41 Å². The van der Waals surface area contributed by atoms with E-state index in [1.807, 2.05) is 0 Å². The number of anilines is 1. The van der Waals surface area contributed by atoms with Crippen LogP contribution in [0.1, 0.15) is 32.8 Å². The Hall–Kier alpha value is -0.980. The minimum atomic E-state index is 0.416. The molecule has 0 saturated heterocycles. The predicted octanol–water partition coefficient (Wildman–Crippen LogP) is 3.73. The smallest absolute Gasteiger partial charge is 0.0361 e. The van der Waals surface area contributed by atoms with Gasteiger partial charge in [0.2, 0.25) is 0 Å². The lowest BCUT2D eigenvalue weighted by molar-refractivity contribution is 0.349. The van der Waals surface area contributed by atoms with Crippen molar-refractivity contribution in [2.45, 2.75) is 33.6 Å². The van der Waals surface area contributed by atoms with Crippen LogP contribution >= 0.6 is 0 Å². The van der Waals surface area contributed by atoms with E-state index in [9.17, 15) is 0 Å². The fourth-order valence-corrected chi connectivity index (χ4v) is 1.59. The van der Waals surface area contributed by atoms with E-state index < -0.39 is 0 Å². The molecule has 0 amide bonds. The maximum atomic E-state index is 2.33. The average Bonchev–Trinajstić information content (AvgIpc) is 2.18. The van der Waals surface area contributed by atoms with E-state index in [4.69, 9.17) is 0 Å². The highest BCUT2D eigenvalue weighted by atomic mass is 15.1. The summed E-state index contributed by atoms with van der Waals surface area (Å²) in [5.74, 6) is 0. The molecule has 0 fully saturated rings. The van der Waals surface area contributed by atoms with E-state index in [2.05, 4.69) is 64.0 Å². The van der Waals surface area contributed by atoms with Gasteiger partial charge in [0.15, 0.2) is 0 Å². The standard InChI is InChI=1S/C14H23N/c1-6-14(2,3)11-12-7-9-13(10-8-12)15(4)5/h7-10H,6,11H2,1-5H3. The highest BCUT2D eigenvalue weighted by Gasteiger charge is 2.15. The van der Waals surface area contributed by atoms with Gasteiger partial charge in [0.25, 0.3) is 0 Å². The second-order valence-corrected chi connectivity index (χ2v) is 5.26. The Bertz CT molecular complexity index is 296. The summed E-state index contributed by atoms with van der Waals surface area (Å²) in [4.78, 5) is 2.13. The van der Waals surface area contributed by atoms with E-state index in [1.54, 1.807) is 0 Å². The third-order valence-electron chi connectivity index (χ3n) is 3.09. The third kappa shape index (κ3) is 3.58. The number of benzene rings is 1. The molecular weight excluding hydrogens is 182 g/mol. The van der Waals surface area contributed by atoms with E-state index in [1.165, 1.54) is 17.7 Å². The molecule has 0 atom stereocenters. The summed E-state index contributed by atoms with van der Waals surface area (Å²) >= 11 is 0. The molecule has 1 nitrogen and oxygen atoms in total. The van der Waals surface area contributed by atoms with Crippen molar-refractivity contribution in [3.63, 3.8) is 0 Å². The summed E-state index contributed by atoms with van der Waals surface area (Å²) in [6.45, 7) is 6.91. The minimum absolute atomic E-state index is 0.416. The number of nitrogens with zero attached hydrogens (tertiary/aromatic N) is 1. The van der Waals surface area contributed by atoms with Crippen molar-refractivity contribution < 1.29 is 0 Å². The van der Waals surface area contributed by atoms with Crippen molar-refractivity contribution in [1.82, 2.24) is 0 Å². The number of rotatable bonds is 4. The van der Waals surface area contributed by atoms with Crippen LogP contribution in [-0.4, -0.2) is 14.1 Å². The molecule has 1 aromatic carbocycles. The molecule has 84 valence electrons. The van der Waals surface area contributed by atoms with Crippen molar-refractivity contribution in [3.05, 3.63) is 29.8 Å². The first-order chi connectivity index (χ1) is 6.94. The highest BCUT2D eigenvalue weighted by molar-refractivity contribution is 5.46. The second-order valence-electron chi connectivity index (χ2n) is 5.26. The van der Waals surface area contributed by atoms with Gasteiger partial charge in [-0.1, -0.05) is 39.3 Å². The molecule has 0 aliphatic heterocycles.